The van der Waals surface area contributed by atoms with Gasteiger partial charge in [0.05, 0.1) is 5.56 Å². The van der Waals surface area contributed by atoms with Crippen molar-refractivity contribution in [1.82, 2.24) is 4.98 Å². The average molecular weight is 285 g/mol. The minimum atomic E-state index is -0.385. The number of benzene rings is 1. The van der Waals surface area contributed by atoms with Gasteiger partial charge in [0, 0.05) is 5.69 Å². The Morgan fingerprint density at radius 2 is 1.81 bits per heavy atom. The van der Waals surface area contributed by atoms with Crippen LogP contribution in [0.5, 0.6) is 0 Å². The van der Waals surface area contributed by atoms with Gasteiger partial charge in [-0.3, -0.25) is 9.59 Å². The third-order valence-electron chi connectivity index (χ3n) is 3.20. The lowest BCUT2D eigenvalue weighted by atomic mass is 9.99. The van der Waals surface area contributed by atoms with Crippen molar-refractivity contribution in [2.45, 2.75) is 20.8 Å². The molecule has 2 rings (SSSR count). The van der Waals surface area contributed by atoms with Crippen molar-refractivity contribution in [3.63, 3.8) is 0 Å². The highest BCUT2D eigenvalue weighted by Crippen LogP contribution is 2.14. The number of aromatic nitrogens is 1. The smallest absolute Gasteiger partial charge is 0.259 e. The highest BCUT2D eigenvalue weighted by molar-refractivity contribution is 6.11. The number of hydrogen-bond acceptors (Lipinski definition) is 2. The van der Waals surface area contributed by atoms with Crippen LogP contribution in [0.25, 0.3) is 6.08 Å². The maximum absolute atomic E-state index is 12.9. The summed E-state index contributed by atoms with van der Waals surface area (Å²) in [6.07, 6.45) is 1.64. The van der Waals surface area contributed by atoms with E-state index in [9.17, 15) is 14.0 Å². The lowest BCUT2D eigenvalue weighted by Crippen LogP contribution is -2.21. The zero-order valence-corrected chi connectivity index (χ0v) is 12.2. The summed E-state index contributed by atoms with van der Waals surface area (Å²) in [5.41, 5.74) is 2.27. The summed E-state index contributed by atoms with van der Waals surface area (Å²) < 4.78 is 12.9. The highest BCUT2D eigenvalue weighted by Gasteiger charge is 2.15. The Morgan fingerprint density at radius 3 is 2.38 bits per heavy atom. The van der Waals surface area contributed by atoms with E-state index in [1.165, 1.54) is 12.1 Å². The van der Waals surface area contributed by atoms with E-state index < -0.39 is 0 Å². The molecule has 0 aliphatic rings. The van der Waals surface area contributed by atoms with Gasteiger partial charge in [-0.25, -0.2) is 4.39 Å². The number of halogens is 1. The number of allylic oxidation sites excluding steroid dienone is 1. The number of nitrogens with one attached hydrogen (secondary N) is 1. The summed E-state index contributed by atoms with van der Waals surface area (Å²) in [7, 11) is 0. The molecule has 1 aromatic carbocycles. The Balaban J connectivity index is 2.40. The van der Waals surface area contributed by atoms with Crippen molar-refractivity contribution in [3.8, 4) is 0 Å². The number of aryl methyl sites for hydroxylation is 2. The Bertz CT molecular complexity index is 770. The number of ketones is 1. The van der Waals surface area contributed by atoms with Crippen molar-refractivity contribution < 1.29 is 9.18 Å². The molecule has 4 heteroatoms. The van der Waals surface area contributed by atoms with Gasteiger partial charge in [0.15, 0.2) is 5.78 Å². The largest absolute Gasteiger partial charge is 0.326 e. The molecule has 0 bridgehead atoms. The van der Waals surface area contributed by atoms with Gasteiger partial charge in [0.25, 0.3) is 5.56 Å². The van der Waals surface area contributed by atoms with Gasteiger partial charge in [-0.05, 0) is 61.7 Å². The summed E-state index contributed by atoms with van der Waals surface area (Å²) >= 11 is 0. The van der Waals surface area contributed by atoms with Crippen molar-refractivity contribution in [1.29, 1.82) is 0 Å². The number of H-pyrrole nitrogens is 1. The fourth-order valence-corrected chi connectivity index (χ4v) is 2.21. The lowest BCUT2D eigenvalue weighted by Gasteiger charge is -2.06. The van der Waals surface area contributed by atoms with Gasteiger partial charge in [0.2, 0.25) is 0 Å². The molecule has 0 saturated heterocycles. The lowest BCUT2D eigenvalue weighted by molar-refractivity contribution is 0.103. The summed E-state index contributed by atoms with van der Waals surface area (Å²) in [4.78, 5) is 27.0. The normalized spacial score (nSPS) is 11.5. The van der Waals surface area contributed by atoms with Crippen LogP contribution in [0.1, 0.15) is 34.1 Å². The van der Waals surface area contributed by atoms with Gasteiger partial charge in [-0.2, -0.15) is 0 Å². The van der Waals surface area contributed by atoms with Crippen LogP contribution in [0.2, 0.25) is 0 Å². The quantitative estimate of drug-likeness (QED) is 0.694. The second-order valence-corrected chi connectivity index (χ2v) is 5.05. The van der Waals surface area contributed by atoms with Crippen LogP contribution in [0.4, 0.5) is 4.39 Å². The zero-order valence-electron chi connectivity index (χ0n) is 12.2. The Hall–Kier alpha value is -2.49. The first-order valence-electron chi connectivity index (χ1n) is 6.57. The molecular weight excluding hydrogens is 269 g/mol. The Morgan fingerprint density at radius 1 is 1.19 bits per heavy atom. The molecule has 108 valence electrons. The minimum Gasteiger partial charge on any atom is -0.326 e. The highest BCUT2D eigenvalue weighted by atomic mass is 19.1. The summed E-state index contributed by atoms with van der Waals surface area (Å²) in [6, 6.07) is 7.58. The van der Waals surface area contributed by atoms with Crippen molar-refractivity contribution in [2.75, 3.05) is 0 Å². The van der Waals surface area contributed by atoms with Gasteiger partial charge >= 0.3 is 0 Å². The summed E-state index contributed by atoms with van der Waals surface area (Å²) in [5, 5.41) is 0. The van der Waals surface area contributed by atoms with Gasteiger partial charge in [-0.1, -0.05) is 12.1 Å². The molecule has 0 aliphatic heterocycles. The number of pyridine rings is 1. The number of carbonyl (C=O) groups is 1. The first-order chi connectivity index (χ1) is 9.88. The zero-order chi connectivity index (χ0) is 15.6. The van der Waals surface area contributed by atoms with E-state index in [2.05, 4.69) is 4.98 Å². The van der Waals surface area contributed by atoms with Crippen LogP contribution in [0.15, 0.2) is 40.7 Å². The predicted molar refractivity (Wildman–Crippen MR) is 80.9 cm³/mol. The maximum Gasteiger partial charge on any atom is 0.259 e. The van der Waals surface area contributed by atoms with Gasteiger partial charge < -0.3 is 4.98 Å². The Kier molecular flexibility index (Phi) is 4.17. The third kappa shape index (κ3) is 3.34. The summed E-state index contributed by atoms with van der Waals surface area (Å²) in [6.45, 7) is 5.15. The molecule has 3 nitrogen and oxygen atoms in total. The predicted octanol–water partition coefficient (Wildman–Crippen LogP) is 3.42. The molecule has 0 saturated carbocycles. The fourth-order valence-electron chi connectivity index (χ4n) is 2.21. The molecule has 21 heavy (non-hydrogen) atoms. The van der Waals surface area contributed by atoms with E-state index in [-0.39, 0.29) is 22.7 Å². The van der Waals surface area contributed by atoms with E-state index in [4.69, 9.17) is 0 Å². The maximum atomic E-state index is 12.9. The topological polar surface area (TPSA) is 49.9 Å². The van der Waals surface area contributed by atoms with Gasteiger partial charge in [-0.15, -0.1) is 0 Å². The first-order valence-corrected chi connectivity index (χ1v) is 6.57. The number of aromatic amines is 1. The molecule has 0 amide bonds. The molecule has 1 aromatic heterocycles. The molecular formula is C17H16FNO2. The monoisotopic (exact) mass is 285 g/mol. The SMILES string of the molecule is C/C(=C\c1ccc(F)cc1)C(=O)c1c(C)cc(C)[nH]c1=O. The molecule has 0 unspecified atom stereocenters. The molecule has 2 aromatic rings. The fraction of sp³-hybridized carbons (Fsp3) is 0.176. The van der Waals surface area contributed by atoms with Crippen LogP contribution in [-0.2, 0) is 0 Å². The van der Waals surface area contributed by atoms with Gasteiger partial charge in [0.1, 0.15) is 5.82 Å². The van der Waals surface area contributed by atoms with Crippen LogP contribution in [0, 0.1) is 19.7 Å². The van der Waals surface area contributed by atoms with E-state index >= 15 is 0 Å². The second-order valence-electron chi connectivity index (χ2n) is 5.05. The standard InChI is InChI=1S/C17H16FNO2/c1-10-8-12(3)19-17(21)15(10)16(20)11(2)9-13-4-6-14(18)7-5-13/h4-9H,1-3H3,(H,19,21)/b11-9+. The molecule has 0 spiro atoms. The third-order valence-corrected chi connectivity index (χ3v) is 3.20. The van der Waals surface area contributed by atoms with E-state index in [0.29, 0.717) is 22.4 Å². The molecule has 0 radical (unpaired) electrons. The van der Waals surface area contributed by atoms with Crippen molar-refractivity contribution in [2.24, 2.45) is 0 Å². The number of hydrogen-bond donors (Lipinski definition) is 1. The van der Waals surface area contributed by atoms with Crippen LogP contribution >= 0.6 is 0 Å². The summed E-state index contributed by atoms with van der Waals surface area (Å²) in [5.74, 6) is -0.653. The van der Waals surface area contributed by atoms with Crippen LogP contribution < -0.4 is 5.56 Å². The Labute approximate surface area is 122 Å². The molecule has 0 atom stereocenters. The number of rotatable bonds is 3. The average Bonchev–Trinajstić information content (AvgIpc) is 2.40. The van der Waals surface area contributed by atoms with Crippen molar-refractivity contribution in [3.05, 3.63) is 74.5 Å². The molecule has 1 N–H and O–H groups in total. The van der Waals surface area contributed by atoms with Crippen molar-refractivity contribution >= 4 is 11.9 Å². The van der Waals surface area contributed by atoms with E-state index in [0.717, 1.165) is 0 Å². The van der Waals surface area contributed by atoms with Crippen LogP contribution in [0.3, 0.4) is 0 Å². The van der Waals surface area contributed by atoms with E-state index in [1.807, 2.05) is 0 Å². The second kappa shape index (κ2) is 5.87. The number of carbonyl (C=O) groups excluding carboxylic acids is 1. The number of Topliss-reactive ketones (excluding diaryl/α,β-unsaturated/α-hetero) is 1. The van der Waals surface area contributed by atoms with E-state index in [1.54, 1.807) is 45.0 Å². The first kappa shape index (κ1) is 14.9. The molecule has 0 aliphatic carbocycles. The van der Waals surface area contributed by atoms with Crippen LogP contribution in [-0.4, -0.2) is 10.8 Å². The minimum absolute atomic E-state index is 0.150. The molecule has 0 fully saturated rings. The molecule has 1 heterocycles.